The summed E-state index contributed by atoms with van der Waals surface area (Å²) in [5.74, 6) is 0.0342. The minimum absolute atomic E-state index is 0.0588. The van der Waals surface area contributed by atoms with E-state index < -0.39 is 0 Å². The number of hydrogen-bond acceptors (Lipinski definition) is 6. The second-order valence-corrected chi connectivity index (χ2v) is 7.50. The lowest BCUT2D eigenvalue weighted by molar-refractivity contribution is -0.142. The van der Waals surface area contributed by atoms with Crippen molar-refractivity contribution in [2.24, 2.45) is 5.92 Å². The number of methoxy groups -OCH3 is 1. The summed E-state index contributed by atoms with van der Waals surface area (Å²) in [7, 11) is 1.43. The lowest BCUT2D eigenvalue weighted by Crippen LogP contribution is -2.51. The first-order valence-corrected chi connectivity index (χ1v) is 9.85. The maximum Gasteiger partial charge on any atom is 0.319 e. The lowest BCUT2D eigenvalue weighted by atomic mass is 9.93. The first-order chi connectivity index (χ1) is 13.2. The van der Waals surface area contributed by atoms with Gasteiger partial charge in [0, 0.05) is 44.6 Å². The number of amides is 1. The van der Waals surface area contributed by atoms with Gasteiger partial charge in [-0.05, 0) is 43.9 Å². The van der Waals surface area contributed by atoms with E-state index in [-0.39, 0.29) is 17.8 Å². The Morgan fingerprint density at radius 3 is 2.78 bits per heavy atom. The number of esters is 1. The van der Waals surface area contributed by atoms with Gasteiger partial charge in [0.05, 0.1) is 19.6 Å². The van der Waals surface area contributed by atoms with E-state index in [1.807, 2.05) is 12.1 Å². The molecule has 1 aromatic rings. The molecule has 148 valence electrons. The summed E-state index contributed by atoms with van der Waals surface area (Å²) in [5, 5.41) is 3.06. The maximum atomic E-state index is 12.6. The molecule has 0 spiro atoms. The molecule has 2 aliphatic rings. The molecule has 3 rings (SSSR count). The fourth-order valence-corrected chi connectivity index (χ4v) is 4.08. The summed E-state index contributed by atoms with van der Waals surface area (Å²) >= 11 is 0. The number of nitrogens with one attached hydrogen (secondary N) is 1. The van der Waals surface area contributed by atoms with Crippen molar-refractivity contribution in [3.8, 4) is 0 Å². The maximum absolute atomic E-state index is 12.6. The fraction of sp³-hybridized carbons (Fsp3) is 0.650. The van der Waals surface area contributed by atoms with E-state index in [1.165, 1.54) is 7.11 Å². The van der Waals surface area contributed by atoms with Gasteiger partial charge in [-0.1, -0.05) is 6.07 Å². The highest BCUT2D eigenvalue weighted by molar-refractivity contribution is 5.79. The average Bonchev–Trinajstić information content (AvgIpc) is 2.73. The zero-order chi connectivity index (χ0) is 19.1. The van der Waals surface area contributed by atoms with Crippen LogP contribution in [0.25, 0.3) is 0 Å². The van der Waals surface area contributed by atoms with Crippen molar-refractivity contribution < 1.29 is 14.3 Å². The van der Waals surface area contributed by atoms with Crippen LogP contribution in [0.1, 0.15) is 31.2 Å². The molecule has 0 aromatic carbocycles. The molecule has 2 fully saturated rings. The van der Waals surface area contributed by atoms with Gasteiger partial charge in [0.2, 0.25) is 5.91 Å². The summed E-state index contributed by atoms with van der Waals surface area (Å²) in [6.45, 7) is 4.63. The molecule has 7 nitrogen and oxygen atoms in total. The molecule has 1 atom stereocenters. The Kier molecular flexibility index (Phi) is 7.18. The third-order valence-corrected chi connectivity index (χ3v) is 5.67. The van der Waals surface area contributed by atoms with Crippen LogP contribution in [-0.2, 0) is 20.9 Å². The molecule has 0 bridgehead atoms. The Labute approximate surface area is 161 Å². The number of nitrogens with zero attached hydrogens (tertiary/aromatic N) is 3. The van der Waals surface area contributed by atoms with Crippen LogP contribution in [0, 0.1) is 5.92 Å². The third-order valence-electron chi connectivity index (χ3n) is 5.67. The monoisotopic (exact) mass is 374 g/mol. The van der Waals surface area contributed by atoms with Gasteiger partial charge in [-0.15, -0.1) is 0 Å². The van der Waals surface area contributed by atoms with Gasteiger partial charge in [0.25, 0.3) is 0 Å². The van der Waals surface area contributed by atoms with Crippen molar-refractivity contribution in [3.05, 3.63) is 30.1 Å². The summed E-state index contributed by atoms with van der Waals surface area (Å²) in [4.78, 5) is 32.7. The van der Waals surface area contributed by atoms with Gasteiger partial charge in [-0.3, -0.25) is 24.4 Å². The third kappa shape index (κ3) is 5.74. The number of rotatable bonds is 6. The topological polar surface area (TPSA) is 74.8 Å². The largest absolute Gasteiger partial charge is 0.468 e. The number of carbonyl (C=O) groups is 2. The lowest BCUT2D eigenvalue weighted by Gasteiger charge is -2.41. The molecule has 7 heteroatoms. The van der Waals surface area contributed by atoms with Gasteiger partial charge in [-0.25, -0.2) is 0 Å². The summed E-state index contributed by atoms with van der Waals surface area (Å²) in [6.07, 6.45) is 7.63. The molecule has 0 radical (unpaired) electrons. The van der Waals surface area contributed by atoms with Crippen molar-refractivity contribution in [2.45, 2.75) is 38.3 Å². The Morgan fingerprint density at radius 2 is 2.07 bits per heavy atom. The Morgan fingerprint density at radius 1 is 1.26 bits per heavy atom. The number of aromatic nitrogens is 1. The zero-order valence-corrected chi connectivity index (χ0v) is 16.1. The molecule has 0 unspecified atom stereocenters. The highest BCUT2D eigenvalue weighted by Gasteiger charge is 2.31. The van der Waals surface area contributed by atoms with E-state index in [9.17, 15) is 9.59 Å². The van der Waals surface area contributed by atoms with Gasteiger partial charge in [0.15, 0.2) is 0 Å². The molecule has 2 saturated heterocycles. The van der Waals surface area contributed by atoms with Gasteiger partial charge in [0.1, 0.15) is 0 Å². The predicted octanol–water partition coefficient (Wildman–Crippen LogP) is 1.05. The van der Waals surface area contributed by atoms with Gasteiger partial charge < -0.3 is 10.1 Å². The molecule has 2 aliphatic heterocycles. The number of pyridine rings is 1. The predicted molar refractivity (Wildman–Crippen MR) is 102 cm³/mol. The van der Waals surface area contributed by atoms with Crippen LogP contribution in [0.2, 0.25) is 0 Å². The minimum atomic E-state index is -0.170. The van der Waals surface area contributed by atoms with Crippen molar-refractivity contribution >= 4 is 11.9 Å². The molecular formula is C20H30N4O3. The molecular weight excluding hydrogens is 344 g/mol. The van der Waals surface area contributed by atoms with E-state index in [0.29, 0.717) is 19.1 Å². The van der Waals surface area contributed by atoms with Crippen LogP contribution in [0.15, 0.2) is 24.5 Å². The van der Waals surface area contributed by atoms with Crippen LogP contribution >= 0.6 is 0 Å². The molecule has 1 amide bonds. The van der Waals surface area contributed by atoms with E-state index in [0.717, 1.165) is 57.4 Å². The van der Waals surface area contributed by atoms with Crippen LogP contribution in [0.3, 0.4) is 0 Å². The van der Waals surface area contributed by atoms with Gasteiger partial charge >= 0.3 is 5.97 Å². The second-order valence-electron chi connectivity index (χ2n) is 7.50. The average molecular weight is 374 g/mol. The first-order valence-electron chi connectivity index (χ1n) is 9.85. The normalized spacial score (nSPS) is 22.3. The molecule has 27 heavy (non-hydrogen) atoms. The van der Waals surface area contributed by atoms with Crippen LogP contribution in [-0.4, -0.2) is 72.5 Å². The standard InChI is InChI=1S/C20H30N4O3/c1-27-19(25)15-23-10-6-18(7-11-23)24-9-3-5-17(14-24)20(26)22-13-16-4-2-8-21-12-16/h2,4,8,12,17-18H,3,5-7,9-11,13-15H2,1H3,(H,22,26)/t17-/m1/s1. The Hall–Kier alpha value is -1.99. The number of piperidine rings is 2. The first kappa shape index (κ1) is 19.8. The highest BCUT2D eigenvalue weighted by atomic mass is 16.5. The van der Waals surface area contributed by atoms with Crippen molar-refractivity contribution in [3.63, 3.8) is 0 Å². The molecule has 0 aliphatic carbocycles. The SMILES string of the molecule is COC(=O)CN1CCC(N2CCC[C@@H](C(=O)NCc3cccnc3)C2)CC1. The van der Waals surface area contributed by atoms with E-state index >= 15 is 0 Å². The highest BCUT2D eigenvalue weighted by Crippen LogP contribution is 2.24. The van der Waals surface area contributed by atoms with Gasteiger partial charge in [-0.2, -0.15) is 0 Å². The fourth-order valence-electron chi connectivity index (χ4n) is 4.08. The number of hydrogen-bond donors (Lipinski definition) is 1. The number of carbonyl (C=O) groups excluding carboxylic acids is 2. The molecule has 3 heterocycles. The minimum Gasteiger partial charge on any atom is -0.468 e. The van der Waals surface area contributed by atoms with E-state index in [2.05, 4.69) is 20.1 Å². The van der Waals surface area contributed by atoms with Crippen LogP contribution in [0.5, 0.6) is 0 Å². The summed E-state index contributed by atoms with van der Waals surface area (Å²) in [5.41, 5.74) is 1.02. The number of likely N-dealkylation sites (tertiary alicyclic amines) is 2. The van der Waals surface area contributed by atoms with E-state index in [1.54, 1.807) is 12.4 Å². The van der Waals surface area contributed by atoms with Crippen molar-refractivity contribution in [1.82, 2.24) is 20.1 Å². The van der Waals surface area contributed by atoms with Crippen molar-refractivity contribution in [1.29, 1.82) is 0 Å². The number of ether oxygens (including phenoxy) is 1. The smallest absolute Gasteiger partial charge is 0.319 e. The molecule has 1 aromatic heterocycles. The molecule has 1 N–H and O–H groups in total. The molecule has 0 saturated carbocycles. The Bertz CT molecular complexity index is 617. The second kappa shape index (κ2) is 9.80. The van der Waals surface area contributed by atoms with Crippen LogP contribution in [0.4, 0.5) is 0 Å². The Balaban J connectivity index is 1.44. The van der Waals surface area contributed by atoms with E-state index in [4.69, 9.17) is 4.74 Å². The summed E-state index contributed by atoms with van der Waals surface area (Å²) in [6, 6.07) is 4.37. The van der Waals surface area contributed by atoms with Crippen LogP contribution < -0.4 is 5.32 Å². The quantitative estimate of drug-likeness (QED) is 0.750. The van der Waals surface area contributed by atoms with Crippen molar-refractivity contribution in [2.75, 3.05) is 39.8 Å². The summed E-state index contributed by atoms with van der Waals surface area (Å²) < 4.78 is 4.75. The zero-order valence-electron chi connectivity index (χ0n) is 16.1.